The van der Waals surface area contributed by atoms with Crippen LogP contribution in [-0.2, 0) is 0 Å². The number of carbonyl (C=O) groups is 1. The Bertz CT molecular complexity index is 775. The summed E-state index contributed by atoms with van der Waals surface area (Å²) in [7, 11) is 0. The summed E-state index contributed by atoms with van der Waals surface area (Å²) in [6.07, 6.45) is -1.04. The Morgan fingerprint density at radius 2 is 2.04 bits per heavy atom. The van der Waals surface area contributed by atoms with E-state index in [0.29, 0.717) is 11.1 Å². The topological polar surface area (TPSA) is 82.4 Å². The van der Waals surface area contributed by atoms with Gasteiger partial charge in [-0.15, -0.1) is 0 Å². The smallest absolute Gasteiger partial charge is 0.251 e. The largest absolute Gasteiger partial charge is 0.491 e. The highest BCUT2D eigenvalue weighted by Crippen LogP contribution is 2.15. The third-order valence-corrected chi connectivity index (χ3v) is 3.09. The number of ether oxygens (including phenoxy) is 1. The molecule has 1 amide bonds. The van der Waals surface area contributed by atoms with Gasteiger partial charge >= 0.3 is 0 Å². The molecular weight excluding hydrogens is 318 g/mol. The van der Waals surface area contributed by atoms with Gasteiger partial charge in [0.1, 0.15) is 18.5 Å². The highest BCUT2D eigenvalue weighted by Gasteiger charge is 2.11. The van der Waals surface area contributed by atoms with Crippen LogP contribution in [0, 0.1) is 23.0 Å². The molecule has 0 fully saturated rings. The first kappa shape index (κ1) is 17.4. The summed E-state index contributed by atoms with van der Waals surface area (Å²) >= 11 is 0. The fourth-order valence-corrected chi connectivity index (χ4v) is 1.86. The molecule has 7 heteroatoms. The Labute approximate surface area is 137 Å². The predicted octanol–water partition coefficient (Wildman–Crippen LogP) is 2.01. The first-order chi connectivity index (χ1) is 11.5. The number of nitrogens with one attached hydrogen (secondary N) is 1. The summed E-state index contributed by atoms with van der Waals surface area (Å²) in [6.45, 7) is -0.303. The van der Waals surface area contributed by atoms with Crippen molar-refractivity contribution in [3.05, 3.63) is 65.2 Å². The molecule has 0 saturated heterocycles. The number of rotatable bonds is 6. The van der Waals surface area contributed by atoms with Crippen molar-refractivity contribution in [1.82, 2.24) is 5.32 Å². The standard InChI is InChI=1S/C17H14F2N2O3/c18-15-5-4-14(7-16(15)19)24-10-13(22)9-21-17(23)12-3-1-2-11(6-12)8-20/h1-7,13,22H,9-10H2,(H,21,23). The van der Waals surface area contributed by atoms with Gasteiger partial charge in [-0.2, -0.15) is 5.26 Å². The maximum atomic E-state index is 13.0. The number of hydrogen-bond acceptors (Lipinski definition) is 4. The summed E-state index contributed by atoms with van der Waals surface area (Å²) in [5.41, 5.74) is 0.646. The zero-order valence-electron chi connectivity index (χ0n) is 12.5. The molecule has 0 spiro atoms. The van der Waals surface area contributed by atoms with E-state index in [2.05, 4.69) is 5.32 Å². The monoisotopic (exact) mass is 332 g/mol. The Morgan fingerprint density at radius 1 is 1.25 bits per heavy atom. The zero-order chi connectivity index (χ0) is 17.5. The second-order valence-corrected chi connectivity index (χ2v) is 4.94. The normalized spacial score (nSPS) is 11.4. The number of nitrogens with zero attached hydrogens (tertiary/aromatic N) is 1. The maximum Gasteiger partial charge on any atom is 0.251 e. The number of amides is 1. The van der Waals surface area contributed by atoms with E-state index in [4.69, 9.17) is 10.00 Å². The molecule has 1 unspecified atom stereocenters. The molecule has 0 bridgehead atoms. The van der Waals surface area contributed by atoms with Gasteiger partial charge in [0, 0.05) is 18.2 Å². The van der Waals surface area contributed by atoms with E-state index in [1.807, 2.05) is 6.07 Å². The van der Waals surface area contributed by atoms with Crippen molar-refractivity contribution in [3.63, 3.8) is 0 Å². The maximum absolute atomic E-state index is 13.0. The summed E-state index contributed by atoms with van der Waals surface area (Å²) in [4.78, 5) is 11.9. The molecule has 24 heavy (non-hydrogen) atoms. The molecule has 0 aliphatic carbocycles. The van der Waals surface area contributed by atoms with Crippen LogP contribution in [0.3, 0.4) is 0 Å². The van der Waals surface area contributed by atoms with Gasteiger partial charge < -0.3 is 15.2 Å². The summed E-state index contributed by atoms with van der Waals surface area (Å²) in [5.74, 6) is -2.41. The van der Waals surface area contributed by atoms with Gasteiger partial charge in [0.05, 0.1) is 11.6 Å². The minimum Gasteiger partial charge on any atom is -0.491 e. The van der Waals surface area contributed by atoms with Gasteiger partial charge in [0.2, 0.25) is 0 Å². The molecular formula is C17H14F2N2O3. The van der Waals surface area contributed by atoms with Crippen LogP contribution in [0.1, 0.15) is 15.9 Å². The van der Waals surface area contributed by atoms with Crippen molar-refractivity contribution in [2.75, 3.05) is 13.2 Å². The van der Waals surface area contributed by atoms with Crippen LogP contribution < -0.4 is 10.1 Å². The highest BCUT2D eigenvalue weighted by atomic mass is 19.2. The lowest BCUT2D eigenvalue weighted by Crippen LogP contribution is -2.35. The van der Waals surface area contributed by atoms with Gasteiger partial charge in [-0.1, -0.05) is 6.07 Å². The van der Waals surface area contributed by atoms with Gasteiger partial charge in [-0.3, -0.25) is 4.79 Å². The van der Waals surface area contributed by atoms with Gasteiger partial charge in [-0.05, 0) is 30.3 Å². The van der Waals surface area contributed by atoms with Crippen LogP contribution in [0.25, 0.3) is 0 Å². The van der Waals surface area contributed by atoms with Crippen molar-refractivity contribution in [3.8, 4) is 11.8 Å². The van der Waals surface area contributed by atoms with Crippen LogP contribution >= 0.6 is 0 Å². The van der Waals surface area contributed by atoms with Gasteiger partial charge in [0.15, 0.2) is 11.6 Å². The Kier molecular flexibility index (Phi) is 5.82. The van der Waals surface area contributed by atoms with Crippen molar-refractivity contribution in [2.45, 2.75) is 6.10 Å². The number of aliphatic hydroxyl groups excluding tert-OH is 1. The van der Waals surface area contributed by atoms with E-state index in [1.54, 1.807) is 18.2 Å². The second-order valence-electron chi connectivity index (χ2n) is 4.94. The number of aliphatic hydroxyl groups is 1. The van der Waals surface area contributed by atoms with Crippen LogP contribution in [0.5, 0.6) is 5.75 Å². The first-order valence-corrected chi connectivity index (χ1v) is 7.04. The predicted molar refractivity (Wildman–Crippen MR) is 81.4 cm³/mol. The zero-order valence-corrected chi connectivity index (χ0v) is 12.5. The average molecular weight is 332 g/mol. The van der Waals surface area contributed by atoms with E-state index >= 15 is 0 Å². The lowest BCUT2D eigenvalue weighted by molar-refractivity contribution is 0.0843. The molecule has 5 nitrogen and oxygen atoms in total. The fraction of sp³-hybridized carbons (Fsp3) is 0.176. The minimum atomic E-state index is -1.05. The highest BCUT2D eigenvalue weighted by molar-refractivity contribution is 5.94. The molecule has 0 saturated carbocycles. The lowest BCUT2D eigenvalue weighted by atomic mass is 10.1. The minimum absolute atomic E-state index is 0.0704. The fourth-order valence-electron chi connectivity index (χ4n) is 1.86. The van der Waals surface area contributed by atoms with Crippen molar-refractivity contribution in [1.29, 1.82) is 5.26 Å². The summed E-state index contributed by atoms with van der Waals surface area (Å²) in [6, 6.07) is 11.1. The van der Waals surface area contributed by atoms with Crippen molar-refractivity contribution in [2.24, 2.45) is 0 Å². The number of nitriles is 1. The third-order valence-electron chi connectivity index (χ3n) is 3.09. The van der Waals surface area contributed by atoms with E-state index < -0.39 is 23.6 Å². The van der Waals surface area contributed by atoms with E-state index in [-0.39, 0.29) is 18.9 Å². The molecule has 2 N–H and O–H groups in total. The lowest BCUT2D eigenvalue weighted by Gasteiger charge is -2.13. The molecule has 0 aliphatic heterocycles. The molecule has 2 aromatic carbocycles. The molecule has 0 radical (unpaired) electrons. The number of carbonyl (C=O) groups excluding carboxylic acids is 1. The Hall–Kier alpha value is -2.98. The third kappa shape index (κ3) is 4.76. The Morgan fingerprint density at radius 3 is 2.75 bits per heavy atom. The number of benzene rings is 2. The summed E-state index contributed by atoms with van der Waals surface area (Å²) < 4.78 is 30.9. The molecule has 124 valence electrons. The van der Waals surface area contributed by atoms with E-state index in [9.17, 15) is 18.7 Å². The molecule has 2 aromatic rings. The summed E-state index contributed by atoms with van der Waals surface area (Å²) in [5, 5.41) is 21.1. The van der Waals surface area contributed by atoms with Crippen LogP contribution in [0.2, 0.25) is 0 Å². The SMILES string of the molecule is N#Cc1cccc(C(=O)NCC(O)COc2ccc(F)c(F)c2)c1. The van der Waals surface area contributed by atoms with Crippen LogP contribution in [-0.4, -0.2) is 30.3 Å². The number of halogens is 2. The van der Waals surface area contributed by atoms with Crippen LogP contribution in [0.4, 0.5) is 8.78 Å². The van der Waals surface area contributed by atoms with Gasteiger partial charge in [0.25, 0.3) is 5.91 Å². The van der Waals surface area contributed by atoms with Crippen molar-refractivity contribution >= 4 is 5.91 Å². The molecule has 1 atom stereocenters. The molecule has 0 heterocycles. The van der Waals surface area contributed by atoms with E-state index in [1.165, 1.54) is 12.1 Å². The Balaban J connectivity index is 1.82. The molecule has 2 rings (SSSR count). The second kappa shape index (κ2) is 8.04. The van der Waals surface area contributed by atoms with Gasteiger partial charge in [-0.25, -0.2) is 8.78 Å². The van der Waals surface area contributed by atoms with Crippen LogP contribution in [0.15, 0.2) is 42.5 Å². The quantitative estimate of drug-likeness (QED) is 0.848. The first-order valence-electron chi connectivity index (χ1n) is 7.04. The van der Waals surface area contributed by atoms with Crippen molar-refractivity contribution < 1.29 is 23.4 Å². The average Bonchev–Trinajstić information content (AvgIpc) is 2.60. The molecule has 0 aliphatic rings. The van der Waals surface area contributed by atoms with E-state index in [0.717, 1.165) is 12.1 Å². The molecule has 0 aromatic heterocycles. The number of hydrogen-bond donors (Lipinski definition) is 2.